The molecule has 8 aliphatic rings. The van der Waals surface area contributed by atoms with Crippen LogP contribution in [-0.4, -0.2) is 127 Å². The monoisotopic (exact) mass is 1470 g/mol. The van der Waals surface area contributed by atoms with Crippen molar-refractivity contribution in [2.75, 3.05) is 13.2 Å². The molecular formula is C83H152O6Si8. The Morgan fingerprint density at radius 2 is 0.557 bits per heavy atom. The second kappa shape index (κ2) is 33.6. The summed E-state index contributed by atoms with van der Waals surface area (Å²) < 4.78 is 37.8. The first-order valence-corrected chi connectivity index (χ1v) is 69.0. The SMILES string of the molecule is CC(C)(c1ccc(OCCC[Si](C)(C)CC[Si](C)(C)CCC2CCC3OC3C2)c(CCC[Si](C)(C)CC[Si](C)(C)CCC2CCC3OC3C2)c1)c1ccc(OCCC[Si](C)(C)CC[Si](C)(C)CCC2CCC3OC3C2)c(CCC[Si](C)(C)CC[Si](C)(C)CCC2CCC3OC3C2)c1. The molecule has 4 heterocycles. The van der Waals surface area contributed by atoms with Crippen molar-refractivity contribution < 1.29 is 28.4 Å². The van der Waals surface area contributed by atoms with Crippen molar-refractivity contribution in [2.45, 2.75) is 411 Å². The van der Waals surface area contributed by atoms with Crippen molar-refractivity contribution in [1.82, 2.24) is 0 Å². The minimum absolute atomic E-state index is 0.166. The van der Waals surface area contributed by atoms with Gasteiger partial charge in [-0.2, -0.15) is 0 Å². The average molecular weight is 1470 g/mol. The van der Waals surface area contributed by atoms with Crippen LogP contribution >= 0.6 is 0 Å². The summed E-state index contributed by atoms with van der Waals surface area (Å²) in [5.74, 6) is 6.00. The molecule has 6 nitrogen and oxygen atoms in total. The third kappa shape index (κ3) is 26.0. The lowest BCUT2D eigenvalue weighted by molar-refractivity contribution is 0.313. The number of fused-ring (bicyclic) bond motifs is 4. The Hall–Kier alpha value is -0.385. The average Bonchev–Trinajstić information content (AvgIpc) is 1.63. The van der Waals surface area contributed by atoms with Gasteiger partial charge < -0.3 is 28.4 Å². The number of aryl methyl sites for hydroxylation is 2. The lowest BCUT2D eigenvalue weighted by atomic mass is 9.76. The number of ether oxygens (including phenoxy) is 6. The van der Waals surface area contributed by atoms with Gasteiger partial charge >= 0.3 is 0 Å². The highest BCUT2D eigenvalue weighted by molar-refractivity contribution is 6.84. The minimum atomic E-state index is -1.38. The molecule has 0 spiro atoms. The van der Waals surface area contributed by atoms with Gasteiger partial charge in [0, 0.05) is 70.0 Å². The highest BCUT2D eigenvalue weighted by Gasteiger charge is 2.47. The number of benzene rings is 2. The predicted octanol–water partition coefficient (Wildman–Crippen LogP) is 24.9. The number of hydrogen-bond acceptors (Lipinski definition) is 6. The van der Waals surface area contributed by atoms with Crippen molar-refractivity contribution in [3.8, 4) is 11.5 Å². The molecule has 97 heavy (non-hydrogen) atoms. The molecule has 0 radical (unpaired) electrons. The maximum Gasteiger partial charge on any atom is 0.122 e. The third-order valence-electron chi connectivity index (χ3n) is 28.0. The number of rotatable bonds is 44. The van der Waals surface area contributed by atoms with Crippen LogP contribution in [0, 0.1) is 23.7 Å². The topological polar surface area (TPSA) is 68.6 Å². The maximum absolute atomic E-state index is 7.06. The Bertz CT molecular complexity index is 2610. The van der Waals surface area contributed by atoms with E-state index in [-0.39, 0.29) is 5.41 Å². The fraction of sp³-hybridized carbons (Fsp3) is 0.855. The smallest absolute Gasteiger partial charge is 0.122 e. The molecule has 0 N–H and O–H groups in total. The Kier molecular flexibility index (Phi) is 27.4. The molecule has 0 aromatic heterocycles. The lowest BCUT2D eigenvalue weighted by Crippen LogP contribution is -2.33. The molecule has 552 valence electrons. The minimum Gasteiger partial charge on any atom is -0.493 e. The Morgan fingerprint density at radius 1 is 0.309 bits per heavy atom. The van der Waals surface area contributed by atoms with E-state index in [1.807, 2.05) is 0 Å². The zero-order chi connectivity index (χ0) is 69.7. The van der Waals surface area contributed by atoms with Crippen molar-refractivity contribution in [3.63, 3.8) is 0 Å². The van der Waals surface area contributed by atoms with Crippen molar-refractivity contribution in [3.05, 3.63) is 58.7 Å². The zero-order valence-corrected chi connectivity index (χ0v) is 74.6. The molecule has 0 bridgehead atoms. The van der Waals surface area contributed by atoms with E-state index in [2.05, 4.69) is 155 Å². The second-order valence-corrected chi connectivity index (χ2v) is 84.5. The van der Waals surface area contributed by atoms with Gasteiger partial charge in [-0.1, -0.05) is 278 Å². The molecular weight excluding hydrogens is 1320 g/mol. The normalized spacial score (nSPS) is 27.6. The van der Waals surface area contributed by atoms with Gasteiger partial charge in [-0.05, 0) is 161 Å². The quantitative estimate of drug-likeness (QED) is 0.0374. The fourth-order valence-corrected chi connectivity index (χ4v) is 51.7. The molecule has 14 heteroatoms. The molecule has 8 fully saturated rings. The van der Waals surface area contributed by atoms with Crippen LogP contribution in [0.2, 0.25) is 201 Å². The lowest BCUT2D eigenvalue weighted by Gasteiger charge is -2.31. The molecule has 4 aliphatic carbocycles. The van der Waals surface area contributed by atoms with E-state index in [4.69, 9.17) is 28.4 Å². The molecule has 2 aromatic carbocycles. The molecule has 4 aliphatic heterocycles. The van der Waals surface area contributed by atoms with Crippen LogP contribution in [0.5, 0.6) is 11.5 Å². The Balaban J connectivity index is 0.781. The Labute approximate surface area is 606 Å². The summed E-state index contributed by atoms with van der Waals surface area (Å²) in [7, 11) is -10.4. The van der Waals surface area contributed by atoms with Gasteiger partial charge in [-0.3, -0.25) is 0 Å². The largest absolute Gasteiger partial charge is 0.493 e. The van der Waals surface area contributed by atoms with Crippen LogP contribution in [0.25, 0.3) is 0 Å². The van der Waals surface area contributed by atoms with E-state index < -0.39 is 64.6 Å². The summed E-state index contributed by atoms with van der Waals surface area (Å²) in [5, 5.41) is 0. The van der Waals surface area contributed by atoms with E-state index in [1.165, 1.54) is 247 Å². The fourth-order valence-electron chi connectivity index (χ4n) is 18.8. The number of epoxide rings is 4. The van der Waals surface area contributed by atoms with Crippen LogP contribution in [0.4, 0.5) is 0 Å². The summed E-state index contributed by atoms with van der Waals surface area (Å²) >= 11 is 0. The first-order chi connectivity index (χ1) is 45.6. The molecule has 12 atom stereocenters. The van der Waals surface area contributed by atoms with Crippen LogP contribution in [-0.2, 0) is 37.2 Å². The summed E-state index contributed by atoms with van der Waals surface area (Å²) in [6.07, 6.45) is 34.2. The maximum atomic E-state index is 7.06. The van der Waals surface area contributed by atoms with Gasteiger partial charge in [0.2, 0.25) is 0 Å². The van der Waals surface area contributed by atoms with Crippen LogP contribution in [0.3, 0.4) is 0 Å². The van der Waals surface area contributed by atoms with E-state index in [9.17, 15) is 0 Å². The van der Waals surface area contributed by atoms with E-state index >= 15 is 0 Å². The second-order valence-electron chi connectivity index (χ2n) is 41.9. The van der Waals surface area contributed by atoms with Crippen molar-refractivity contribution >= 4 is 64.6 Å². The summed E-state index contributed by atoms with van der Waals surface area (Å²) in [6, 6.07) is 38.5. The highest BCUT2D eigenvalue weighted by Crippen LogP contribution is 2.47. The van der Waals surface area contributed by atoms with Gasteiger partial charge in [0.25, 0.3) is 0 Å². The van der Waals surface area contributed by atoms with E-state index in [0.717, 1.165) is 61.2 Å². The van der Waals surface area contributed by atoms with Gasteiger partial charge in [0.05, 0.1) is 62.0 Å². The predicted molar refractivity (Wildman–Crippen MR) is 441 cm³/mol. The number of hydrogen-bond donors (Lipinski definition) is 0. The first-order valence-electron chi connectivity index (χ1n) is 41.7. The van der Waals surface area contributed by atoms with Gasteiger partial charge in [-0.25, -0.2) is 0 Å². The summed E-state index contributed by atoms with van der Waals surface area (Å²) in [5.41, 5.74) is 5.60. The van der Waals surface area contributed by atoms with E-state index in [0.29, 0.717) is 48.8 Å². The molecule has 0 amide bonds. The summed E-state index contributed by atoms with van der Waals surface area (Å²) in [6.45, 7) is 50.0. The molecule has 10 rings (SSSR count). The standard InChI is InChI=1S/C83H152O6Si8/c1-83(2,71-29-35-73(84-41-21-45-92(7,8)53-57-96(15,16)49-39-67-27-33-77-81(61-67)88-77)69(63-71)23-19-43-90(3,4)51-55-94(11,12)47-37-65-25-31-75-79(59-65)86-75)72-30-36-74(85-42-22-46-93(9,10)54-58-97(17,18)50-40-68-28-34-78-82(62-68)89-78)70(64-72)24-20-44-91(5,6)52-56-95(13,14)48-38-66-26-32-76-80(60-66)87-76/h29-30,35-36,63-68,75-82H,19-28,31-34,37-62H2,1-18H3. The van der Waals surface area contributed by atoms with E-state index in [1.54, 1.807) is 0 Å². The molecule has 12 unspecified atom stereocenters. The van der Waals surface area contributed by atoms with Gasteiger partial charge in [-0.15, -0.1) is 0 Å². The summed E-state index contributed by atoms with van der Waals surface area (Å²) in [4.78, 5) is 0. The third-order valence-corrected chi connectivity index (χ3v) is 56.2. The Morgan fingerprint density at radius 3 is 0.814 bits per heavy atom. The van der Waals surface area contributed by atoms with Gasteiger partial charge in [0.1, 0.15) is 11.5 Å². The highest BCUT2D eigenvalue weighted by atomic mass is 28.3. The molecule has 2 aromatic rings. The molecule has 4 saturated heterocycles. The van der Waals surface area contributed by atoms with Crippen LogP contribution < -0.4 is 9.47 Å². The zero-order valence-electron chi connectivity index (χ0n) is 66.6. The van der Waals surface area contributed by atoms with Crippen LogP contribution in [0.15, 0.2) is 36.4 Å². The van der Waals surface area contributed by atoms with Crippen molar-refractivity contribution in [2.24, 2.45) is 23.7 Å². The first kappa shape index (κ1) is 79.2. The van der Waals surface area contributed by atoms with Crippen molar-refractivity contribution in [1.29, 1.82) is 0 Å². The van der Waals surface area contributed by atoms with Gasteiger partial charge in [0.15, 0.2) is 0 Å². The molecule has 4 saturated carbocycles. The van der Waals surface area contributed by atoms with Crippen LogP contribution in [0.1, 0.15) is 165 Å².